The van der Waals surface area contributed by atoms with E-state index in [2.05, 4.69) is 5.32 Å². The van der Waals surface area contributed by atoms with Crippen LogP contribution in [0.3, 0.4) is 0 Å². The Hall–Kier alpha value is -1.39. The number of hydrogen-bond acceptors (Lipinski definition) is 3. The summed E-state index contributed by atoms with van der Waals surface area (Å²) in [6.07, 6.45) is -1.98. The number of rotatable bonds is 4. The minimum absolute atomic E-state index is 0.0455. The van der Waals surface area contributed by atoms with Gasteiger partial charge in [0.25, 0.3) is 0 Å². The summed E-state index contributed by atoms with van der Waals surface area (Å²) in [4.78, 5) is 10.7. The second-order valence-electron chi connectivity index (χ2n) is 4.31. The van der Waals surface area contributed by atoms with E-state index in [-0.39, 0.29) is 12.5 Å². The Morgan fingerprint density at radius 1 is 1.35 bits per heavy atom. The van der Waals surface area contributed by atoms with Crippen molar-refractivity contribution in [3.8, 4) is 0 Å². The summed E-state index contributed by atoms with van der Waals surface area (Å²) in [5.41, 5.74) is 2.72. The van der Waals surface area contributed by atoms with Crippen molar-refractivity contribution in [2.45, 2.75) is 33.0 Å². The van der Waals surface area contributed by atoms with Crippen LogP contribution >= 0.6 is 0 Å². The molecule has 0 spiro atoms. The van der Waals surface area contributed by atoms with Gasteiger partial charge in [0.1, 0.15) is 12.2 Å². The number of nitrogens with one attached hydrogen (secondary N) is 1. The molecule has 0 fully saturated rings. The molecular formula is C13H19NO3. The molecule has 4 heteroatoms. The first kappa shape index (κ1) is 13.7. The smallest absolute Gasteiger partial charge is 0.216 e. The molecule has 0 saturated heterocycles. The summed E-state index contributed by atoms with van der Waals surface area (Å²) in [5, 5.41) is 22.2. The highest BCUT2D eigenvalue weighted by molar-refractivity contribution is 5.72. The van der Waals surface area contributed by atoms with Gasteiger partial charge in [-0.2, -0.15) is 0 Å². The third kappa shape index (κ3) is 3.84. The number of aliphatic hydroxyl groups excluding tert-OH is 2. The van der Waals surface area contributed by atoms with Crippen molar-refractivity contribution in [2.75, 3.05) is 6.54 Å². The Bertz CT molecular complexity index is 404. The van der Waals surface area contributed by atoms with Gasteiger partial charge >= 0.3 is 0 Å². The van der Waals surface area contributed by atoms with Crippen molar-refractivity contribution in [1.29, 1.82) is 0 Å². The van der Waals surface area contributed by atoms with E-state index in [0.717, 1.165) is 11.1 Å². The summed E-state index contributed by atoms with van der Waals surface area (Å²) in [6, 6.07) is 5.63. The lowest BCUT2D eigenvalue weighted by Gasteiger charge is -2.20. The molecule has 94 valence electrons. The zero-order valence-electron chi connectivity index (χ0n) is 10.4. The largest absolute Gasteiger partial charge is 0.388 e. The first-order chi connectivity index (χ1) is 7.91. The highest BCUT2D eigenvalue weighted by Crippen LogP contribution is 2.21. The van der Waals surface area contributed by atoms with Crippen molar-refractivity contribution >= 4 is 5.91 Å². The van der Waals surface area contributed by atoms with E-state index in [0.29, 0.717) is 5.56 Å². The molecule has 1 rings (SSSR count). The quantitative estimate of drug-likeness (QED) is 0.726. The van der Waals surface area contributed by atoms with Crippen LogP contribution in [0.1, 0.15) is 29.7 Å². The van der Waals surface area contributed by atoms with E-state index >= 15 is 0 Å². The molecule has 3 N–H and O–H groups in total. The zero-order chi connectivity index (χ0) is 13.0. The van der Waals surface area contributed by atoms with Gasteiger partial charge in [0.2, 0.25) is 5.91 Å². The molecule has 0 bridgehead atoms. The summed E-state index contributed by atoms with van der Waals surface area (Å²) < 4.78 is 0. The fourth-order valence-corrected chi connectivity index (χ4v) is 1.72. The number of aliphatic hydroxyl groups is 2. The number of aryl methyl sites for hydroxylation is 2. The van der Waals surface area contributed by atoms with Gasteiger partial charge in [-0.25, -0.2) is 0 Å². The SMILES string of the molecule is CC(=O)NCC(O)C(O)c1ccc(C)cc1C. The lowest BCUT2D eigenvalue weighted by molar-refractivity contribution is -0.119. The summed E-state index contributed by atoms with van der Waals surface area (Å²) in [5.74, 6) is -0.225. The van der Waals surface area contributed by atoms with Crippen LogP contribution in [0.25, 0.3) is 0 Å². The second-order valence-corrected chi connectivity index (χ2v) is 4.31. The van der Waals surface area contributed by atoms with E-state index < -0.39 is 12.2 Å². The molecule has 0 radical (unpaired) electrons. The molecule has 1 amide bonds. The minimum Gasteiger partial charge on any atom is -0.388 e. The topological polar surface area (TPSA) is 69.6 Å². The van der Waals surface area contributed by atoms with Gasteiger partial charge < -0.3 is 15.5 Å². The van der Waals surface area contributed by atoms with Gasteiger partial charge in [0.15, 0.2) is 0 Å². The Morgan fingerprint density at radius 2 is 2.00 bits per heavy atom. The highest BCUT2D eigenvalue weighted by Gasteiger charge is 2.19. The van der Waals surface area contributed by atoms with Gasteiger partial charge in [-0.15, -0.1) is 0 Å². The van der Waals surface area contributed by atoms with Gasteiger partial charge in [-0.1, -0.05) is 23.8 Å². The number of benzene rings is 1. The monoisotopic (exact) mass is 237 g/mol. The molecule has 0 saturated carbocycles. The lowest BCUT2D eigenvalue weighted by atomic mass is 9.98. The Labute approximate surface area is 101 Å². The molecule has 4 nitrogen and oxygen atoms in total. The van der Waals surface area contributed by atoms with Crippen LogP contribution in [-0.2, 0) is 4.79 Å². The molecule has 0 aliphatic heterocycles. The first-order valence-electron chi connectivity index (χ1n) is 5.59. The van der Waals surface area contributed by atoms with E-state index in [1.807, 2.05) is 26.0 Å². The van der Waals surface area contributed by atoms with Crippen LogP contribution in [0.4, 0.5) is 0 Å². The van der Waals surface area contributed by atoms with Crippen LogP contribution in [0.15, 0.2) is 18.2 Å². The van der Waals surface area contributed by atoms with Crippen LogP contribution in [0.5, 0.6) is 0 Å². The van der Waals surface area contributed by atoms with Crippen LogP contribution in [0.2, 0.25) is 0 Å². The number of hydrogen-bond donors (Lipinski definition) is 3. The molecule has 0 aliphatic rings. The molecule has 2 unspecified atom stereocenters. The second kappa shape index (κ2) is 5.80. The van der Waals surface area contributed by atoms with Crippen molar-refractivity contribution in [3.05, 3.63) is 34.9 Å². The standard InChI is InChI=1S/C13H19NO3/c1-8-4-5-11(9(2)6-8)13(17)12(16)7-14-10(3)15/h4-6,12-13,16-17H,7H2,1-3H3,(H,14,15). The third-order valence-electron chi connectivity index (χ3n) is 2.67. The maximum Gasteiger partial charge on any atom is 0.216 e. The molecular weight excluding hydrogens is 218 g/mol. The Balaban J connectivity index is 2.74. The molecule has 0 aliphatic carbocycles. The van der Waals surface area contributed by atoms with Gasteiger partial charge in [-0.3, -0.25) is 4.79 Å². The number of carbonyl (C=O) groups excluding carboxylic acids is 1. The molecule has 2 atom stereocenters. The highest BCUT2D eigenvalue weighted by atomic mass is 16.3. The third-order valence-corrected chi connectivity index (χ3v) is 2.67. The summed E-state index contributed by atoms with van der Waals surface area (Å²) >= 11 is 0. The van der Waals surface area contributed by atoms with E-state index in [1.54, 1.807) is 6.07 Å². The van der Waals surface area contributed by atoms with Crippen molar-refractivity contribution in [2.24, 2.45) is 0 Å². The fourth-order valence-electron chi connectivity index (χ4n) is 1.72. The van der Waals surface area contributed by atoms with E-state index in [4.69, 9.17) is 0 Å². The van der Waals surface area contributed by atoms with Crippen molar-refractivity contribution < 1.29 is 15.0 Å². The molecule has 0 aromatic heterocycles. The predicted octanol–water partition coefficient (Wildman–Crippen LogP) is 0.834. The maximum atomic E-state index is 10.7. The van der Waals surface area contributed by atoms with Gasteiger partial charge in [-0.05, 0) is 25.0 Å². The minimum atomic E-state index is -1.000. The Kier molecular flexibility index (Phi) is 4.66. The number of carbonyl (C=O) groups is 1. The van der Waals surface area contributed by atoms with Crippen molar-refractivity contribution in [3.63, 3.8) is 0 Å². The first-order valence-corrected chi connectivity index (χ1v) is 5.59. The van der Waals surface area contributed by atoms with Crippen LogP contribution < -0.4 is 5.32 Å². The van der Waals surface area contributed by atoms with Crippen molar-refractivity contribution in [1.82, 2.24) is 5.32 Å². The maximum absolute atomic E-state index is 10.7. The van der Waals surface area contributed by atoms with Crippen LogP contribution in [0, 0.1) is 13.8 Å². The zero-order valence-corrected chi connectivity index (χ0v) is 10.4. The van der Waals surface area contributed by atoms with E-state index in [1.165, 1.54) is 6.92 Å². The van der Waals surface area contributed by atoms with E-state index in [9.17, 15) is 15.0 Å². The summed E-state index contributed by atoms with van der Waals surface area (Å²) in [6.45, 7) is 5.27. The average molecular weight is 237 g/mol. The fraction of sp³-hybridized carbons (Fsp3) is 0.462. The Morgan fingerprint density at radius 3 is 2.53 bits per heavy atom. The van der Waals surface area contributed by atoms with Gasteiger partial charge in [0, 0.05) is 13.5 Å². The molecule has 17 heavy (non-hydrogen) atoms. The normalized spacial score (nSPS) is 14.2. The predicted molar refractivity (Wildman–Crippen MR) is 65.6 cm³/mol. The lowest BCUT2D eigenvalue weighted by Crippen LogP contribution is -2.34. The summed E-state index contributed by atoms with van der Waals surface area (Å²) in [7, 11) is 0. The molecule has 1 aromatic carbocycles. The van der Waals surface area contributed by atoms with Gasteiger partial charge in [0.05, 0.1) is 0 Å². The molecule has 1 aromatic rings. The molecule has 0 heterocycles. The number of amides is 1. The average Bonchev–Trinajstić information content (AvgIpc) is 2.25. The van der Waals surface area contributed by atoms with Crippen LogP contribution in [-0.4, -0.2) is 28.8 Å².